The number of para-hydroxylation sites is 1. The Hall–Kier alpha value is -2.24. The number of alkyl carbamates (subject to hydrolysis) is 1. The number of ether oxygens (including phenoxy) is 3. The zero-order valence-electron chi connectivity index (χ0n) is 13.5. The van der Waals surface area contributed by atoms with Gasteiger partial charge in [0.2, 0.25) is 0 Å². The van der Waals surface area contributed by atoms with Gasteiger partial charge in [-0.3, -0.25) is 0 Å². The molecular weight excluding hydrogens is 286 g/mol. The zero-order valence-corrected chi connectivity index (χ0v) is 13.5. The summed E-state index contributed by atoms with van der Waals surface area (Å²) >= 11 is 0. The van der Waals surface area contributed by atoms with Crippen LogP contribution in [-0.2, 0) is 9.47 Å². The maximum Gasteiger partial charge on any atom is 0.407 e. The molecule has 0 heterocycles. The summed E-state index contributed by atoms with van der Waals surface area (Å²) in [7, 11) is 0. The van der Waals surface area contributed by atoms with E-state index in [-0.39, 0.29) is 13.2 Å². The van der Waals surface area contributed by atoms with Crippen LogP contribution in [-0.4, -0.2) is 37.4 Å². The van der Waals surface area contributed by atoms with E-state index in [1.165, 1.54) is 0 Å². The highest BCUT2D eigenvalue weighted by Gasteiger charge is 2.16. The molecule has 0 atom stereocenters. The van der Waals surface area contributed by atoms with Crippen molar-refractivity contribution in [3.63, 3.8) is 0 Å². The van der Waals surface area contributed by atoms with E-state index in [1.54, 1.807) is 52.0 Å². The van der Waals surface area contributed by atoms with Gasteiger partial charge in [0, 0.05) is 0 Å². The van der Waals surface area contributed by atoms with E-state index in [0.717, 1.165) is 0 Å². The zero-order chi connectivity index (χ0) is 16.6. The van der Waals surface area contributed by atoms with Crippen molar-refractivity contribution >= 4 is 12.1 Å². The number of hydrogen-bond donors (Lipinski definition) is 1. The molecule has 0 saturated carbocycles. The Morgan fingerprint density at radius 3 is 2.50 bits per heavy atom. The van der Waals surface area contributed by atoms with Crippen LogP contribution in [0.15, 0.2) is 24.3 Å². The van der Waals surface area contributed by atoms with Crippen molar-refractivity contribution in [3.8, 4) is 5.75 Å². The number of carbonyl (C=O) groups is 2. The van der Waals surface area contributed by atoms with Gasteiger partial charge in [0.25, 0.3) is 0 Å². The summed E-state index contributed by atoms with van der Waals surface area (Å²) < 4.78 is 15.6. The predicted octanol–water partition coefficient (Wildman–Crippen LogP) is 2.77. The first kappa shape index (κ1) is 17.8. The molecule has 1 aromatic carbocycles. The van der Waals surface area contributed by atoms with Crippen molar-refractivity contribution < 1.29 is 23.8 Å². The SMILES string of the molecule is CCOC(=O)c1ccccc1OCCNC(=O)OC(C)(C)C. The molecule has 1 N–H and O–H groups in total. The van der Waals surface area contributed by atoms with Crippen LogP contribution in [0.3, 0.4) is 0 Å². The smallest absolute Gasteiger partial charge is 0.407 e. The second-order valence-corrected chi connectivity index (χ2v) is 5.49. The van der Waals surface area contributed by atoms with Crippen molar-refractivity contribution in [2.24, 2.45) is 0 Å². The Balaban J connectivity index is 2.46. The lowest BCUT2D eigenvalue weighted by molar-refractivity contribution is 0.0502. The van der Waals surface area contributed by atoms with Crippen molar-refractivity contribution in [1.29, 1.82) is 0 Å². The van der Waals surface area contributed by atoms with Crippen LogP contribution >= 0.6 is 0 Å². The highest BCUT2D eigenvalue weighted by molar-refractivity contribution is 5.92. The minimum absolute atomic E-state index is 0.218. The van der Waals surface area contributed by atoms with Gasteiger partial charge >= 0.3 is 12.1 Å². The highest BCUT2D eigenvalue weighted by atomic mass is 16.6. The van der Waals surface area contributed by atoms with E-state index in [0.29, 0.717) is 17.9 Å². The number of amides is 1. The molecular formula is C16H23NO5. The molecule has 122 valence electrons. The van der Waals surface area contributed by atoms with Gasteiger partial charge in [-0.15, -0.1) is 0 Å². The molecule has 0 saturated heterocycles. The van der Waals surface area contributed by atoms with Crippen LogP contribution < -0.4 is 10.1 Å². The molecule has 22 heavy (non-hydrogen) atoms. The summed E-state index contributed by atoms with van der Waals surface area (Å²) in [6.07, 6.45) is -0.505. The van der Waals surface area contributed by atoms with E-state index >= 15 is 0 Å². The van der Waals surface area contributed by atoms with E-state index in [2.05, 4.69) is 5.32 Å². The lowest BCUT2D eigenvalue weighted by Crippen LogP contribution is -2.34. The molecule has 1 rings (SSSR count). The number of nitrogens with one attached hydrogen (secondary N) is 1. The number of esters is 1. The van der Waals surface area contributed by atoms with Gasteiger partial charge in [0.15, 0.2) is 0 Å². The van der Waals surface area contributed by atoms with Gasteiger partial charge in [-0.05, 0) is 39.8 Å². The van der Waals surface area contributed by atoms with Crippen molar-refractivity contribution in [1.82, 2.24) is 5.32 Å². The lowest BCUT2D eigenvalue weighted by atomic mass is 10.2. The minimum atomic E-state index is -0.540. The van der Waals surface area contributed by atoms with E-state index in [9.17, 15) is 9.59 Å². The van der Waals surface area contributed by atoms with Gasteiger partial charge in [-0.2, -0.15) is 0 Å². The monoisotopic (exact) mass is 309 g/mol. The van der Waals surface area contributed by atoms with Crippen molar-refractivity contribution in [2.45, 2.75) is 33.3 Å². The Bertz CT molecular complexity index is 508. The molecule has 6 nitrogen and oxygen atoms in total. The topological polar surface area (TPSA) is 73.9 Å². The standard InChI is InChI=1S/C16H23NO5/c1-5-20-14(18)12-8-6-7-9-13(12)21-11-10-17-15(19)22-16(2,3)4/h6-9H,5,10-11H2,1-4H3,(H,17,19). The maximum absolute atomic E-state index is 11.8. The largest absolute Gasteiger partial charge is 0.491 e. The summed E-state index contributed by atoms with van der Waals surface area (Å²) in [5.74, 6) is -0.00913. The summed E-state index contributed by atoms with van der Waals surface area (Å²) in [5, 5.41) is 2.58. The predicted molar refractivity (Wildman–Crippen MR) is 82.1 cm³/mol. The molecule has 0 aliphatic rings. The Labute approximate surface area is 130 Å². The van der Waals surface area contributed by atoms with Gasteiger partial charge in [0.1, 0.15) is 23.5 Å². The molecule has 1 amide bonds. The van der Waals surface area contributed by atoms with E-state index in [4.69, 9.17) is 14.2 Å². The van der Waals surface area contributed by atoms with Crippen LogP contribution in [0.2, 0.25) is 0 Å². The molecule has 0 aliphatic carbocycles. The molecule has 0 bridgehead atoms. The molecule has 0 aliphatic heterocycles. The molecule has 0 unspecified atom stereocenters. The van der Waals surface area contributed by atoms with Gasteiger partial charge in [-0.1, -0.05) is 12.1 Å². The first-order valence-electron chi connectivity index (χ1n) is 7.19. The third-order valence-electron chi connectivity index (χ3n) is 2.41. The third kappa shape index (κ3) is 6.47. The second-order valence-electron chi connectivity index (χ2n) is 5.49. The summed E-state index contributed by atoms with van der Waals surface area (Å²) in [5.41, 5.74) is -0.178. The fraction of sp³-hybridized carbons (Fsp3) is 0.500. The Morgan fingerprint density at radius 1 is 1.18 bits per heavy atom. The second kappa shape index (κ2) is 8.26. The Morgan fingerprint density at radius 2 is 1.86 bits per heavy atom. The average Bonchev–Trinajstić information content (AvgIpc) is 2.42. The number of rotatable bonds is 6. The first-order chi connectivity index (χ1) is 10.3. The molecule has 0 aromatic heterocycles. The van der Waals surface area contributed by atoms with Gasteiger partial charge in [0.05, 0.1) is 13.2 Å². The first-order valence-corrected chi connectivity index (χ1v) is 7.19. The van der Waals surface area contributed by atoms with Crippen LogP contribution in [0.25, 0.3) is 0 Å². The Kier molecular flexibility index (Phi) is 6.69. The van der Waals surface area contributed by atoms with Crippen LogP contribution in [0.1, 0.15) is 38.1 Å². The molecule has 6 heteroatoms. The fourth-order valence-electron chi connectivity index (χ4n) is 1.60. The maximum atomic E-state index is 11.8. The number of carbonyl (C=O) groups excluding carboxylic acids is 2. The summed E-state index contributed by atoms with van der Waals surface area (Å²) in [6, 6.07) is 6.81. The lowest BCUT2D eigenvalue weighted by Gasteiger charge is -2.19. The van der Waals surface area contributed by atoms with Crippen LogP contribution in [0.4, 0.5) is 4.79 Å². The van der Waals surface area contributed by atoms with Gasteiger partial charge < -0.3 is 19.5 Å². The normalized spacial score (nSPS) is 10.7. The number of benzene rings is 1. The molecule has 0 radical (unpaired) electrons. The summed E-state index contributed by atoms with van der Waals surface area (Å²) in [6.45, 7) is 7.90. The summed E-state index contributed by atoms with van der Waals surface area (Å²) in [4.78, 5) is 23.2. The van der Waals surface area contributed by atoms with Crippen molar-refractivity contribution in [2.75, 3.05) is 19.8 Å². The molecule has 0 spiro atoms. The molecule has 1 aromatic rings. The average molecular weight is 309 g/mol. The molecule has 0 fully saturated rings. The third-order valence-corrected chi connectivity index (χ3v) is 2.41. The number of hydrogen-bond acceptors (Lipinski definition) is 5. The highest BCUT2D eigenvalue weighted by Crippen LogP contribution is 2.18. The van der Waals surface area contributed by atoms with Crippen LogP contribution in [0.5, 0.6) is 5.75 Å². The van der Waals surface area contributed by atoms with Crippen LogP contribution in [0, 0.1) is 0 Å². The van der Waals surface area contributed by atoms with Gasteiger partial charge in [-0.25, -0.2) is 9.59 Å². The fourth-order valence-corrected chi connectivity index (χ4v) is 1.60. The quantitative estimate of drug-likeness (QED) is 0.646. The van der Waals surface area contributed by atoms with E-state index < -0.39 is 17.7 Å². The minimum Gasteiger partial charge on any atom is -0.491 e. The van der Waals surface area contributed by atoms with Crippen molar-refractivity contribution in [3.05, 3.63) is 29.8 Å². The van der Waals surface area contributed by atoms with E-state index in [1.807, 2.05) is 0 Å².